The van der Waals surface area contributed by atoms with Crippen LogP contribution in [0.2, 0.25) is 5.02 Å². The molecule has 31 heavy (non-hydrogen) atoms. The van der Waals surface area contributed by atoms with Crippen LogP contribution in [0.1, 0.15) is 17.2 Å². The molecule has 1 atom stereocenters. The highest BCUT2D eigenvalue weighted by Gasteiger charge is 2.47. The third kappa shape index (κ3) is 3.94. The van der Waals surface area contributed by atoms with Crippen molar-refractivity contribution in [1.29, 1.82) is 0 Å². The first kappa shape index (κ1) is 21.1. The van der Waals surface area contributed by atoms with Gasteiger partial charge in [0.25, 0.3) is 5.78 Å². The molecule has 0 radical (unpaired) electrons. The first-order chi connectivity index (χ1) is 14.9. The highest BCUT2D eigenvalue weighted by Crippen LogP contribution is 2.42. The Kier molecular flexibility index (Phi) is 5.80. The van der Waals surface area contributed by atoms with Crippen molar-refractivity contribution in [1.82, 2.24) is 4.98 Å². The van der Waals surface area contributed by atoms with Crippen molar-refractivity contribution in [2.45, 2.75) is 6.04 Å². The summed E-state index contributed by atoms with van der Waals surface area (Å²) in [4.78, 5) is 31.7. The fourth-order valence-corrected chi connectivity index (χ4v) is 3.80. The van der Waals surface area contributed by atoms with Gasteiger partial charge in [0.15, 0.2) is 0 Å². The van der Waals surface area contributed by atoms with Crippen molar-refractivity contribution in [3.05, 3.63) is 93.1 Å². The average Bonchev–Trinajstić information content (AvgIpc) is 3.05. The number of aliphatic hydroxyl groups is 1. The number of aromatic nitrogens is 1. The third-order valence-electron chi connectivity index (χ3n) is 4.95. The molecular formula is C23H16BrClN2O4. The Labute approximate surface area is 191 Å². The van der Waals surface area contributed by atoms with Crippen LogP contribution in [0.25, 0.3) is 5.76 Å². The molecule has 0 unspecified atom stereocenters. The number of rotatable bonds is 4. The fraction of sp³-hybridized carbons (Fsp3) is 0.0870. The maximum atomic E-state index is 13.0. The van der Waals surface area contributed by atoms with Gasteiger partial charge >= 0.3 is 5.91 Å². The number of hydrogen-bond donors (Lipinski definition) is 1. The van der Waals surface area contributed by atoms with Crippen LogP contribution in [0.15, 0.2) is 76.9 Å². The van der Waals surface area contributed by atoms with Gasteiger partial charge < -0.3 is 9.84 Å². The van der Waals surface area contributed by atoms with E-state index in [2.05, 4.69) is 20.9 Å². The van der Waals surface area contributed by atoms with Crippen molar-refractivity contribution in [2.24, 2.45) is 0 Å². The van der Waals surface area contributed by atoms with Crippen LogP contribution in [-0.2, 0) is 9.59 Å². The molecule has 8 heteroatoms. The first-order valence-corrected chi connectivity index (χ1v) is 10.4. The summed E-state index contributed by atoms with van der Waals surface area (Å²) >= 11 is 9.27. The van der Waals surface area contributed by atoms with Crippen LogP contribution in [0.5, 0.6) is 5.75 Å². The van der Waals surface area contributed by atoms with Gasteiger partial charge in [-0.1, -0.05) is 23.7 Å². The Morgan fingerprint density at radius 2 is 1.74 bits per heavy atom. The number of benzene rings is 2. The molecule has 0 spiro atoms. The van der Waals surface area contributed by atoms with Crippen molar-refractivity contribution in [3.63, 3.8) is 0 Å². The standard InChI is InChI=1S/C23H16BrClN2O4/c1-31-17-9-4-13(5-10-17)20-19(21(28)14-2-7-16(25)8-3-14)22(29)23(30)27(20)18-11-6-15(24)12-26-18/h2-12,20,28H,1H3/b21-19+/t20-/m0/s1. The Balaban J connectivity index is 1.92. The molecule has 2 aromatic carbocycles. The molecule has 2 heterocycles. The number of carbonyl (C=O) groups is 2. The van der Waals surface area contributed by atoms with Crippen LogP contribution in [-0.4, -0.2) is 28.9 Å². The summed E-state index contributed by atoms with van der Waals surface area (Å²) in [6.07, 6.45) is 1.54. The zero-order valence-corrected chi connectivity index (χ0v) is 18.6. The zero-order valence-electron chi connectivity index (χ0n) is 16.3. The average molecular weight is 500 g/mol. The minimum absolute atomic E-state index is 0.0257. The summed E-state index contributed by atoms with van der Waals surface area (Å²) in [6, 6.07) is 15.8. The lowest BCUT2D eigenvalue weighted by Gasteiger charge is -2.24. The summed E-state index contributed by atoms with van der Waals surface area (Å²) in [5.41, 5.74) is 0.979. The van der Waals surface area contributed by atoms with Gasteiger partial charge in [0, 0.05) is 21.3 Å². The summed E-state index contributed by atoms with van der Waals surface area (Å²) in [6.45, 7) is 0. The zero-order chi connectivity index (χ0) is 22.1. The molecule has 1 saturated heterocycles. The molecule has 3 aromatic rings. The van der Waals surface area contributed by atoms with E-state index in [0.717, 1.165) is 4.47 Å². The number of carbonyl (C=O) groups excluding carboxylic acids is 2. The molecule has 1 aliphatic rings. The van der Waals surface area contributed by atoms with Gasteiger partial charge in [0.2, 0.25) is 0 Å². The van der Waals surface area contributed by atoms with Crippen molar-refractivity contribution in [2.75, 3.05) is 12.0 Å². The number of halogens is 2. The molecule has 4 rings (SSSR count). The number of pyridine rings is 1. The van der Waals surface area contributed by atoms with E-state index in [-0.39, 0.29) is 11.3 Å². The van der Waals surface area contributed by atoms with Crippen LogP contribution >= 0.6 is 27.5 Å². The molecule has 156 valence electrons. The summed E-state index contributed by atoms with van der Waals surface area (Å²) in [5, 5.41) is 11.5. The highest BCUT2D eigenvalue weighted by atomic mass is 79.9. The maximum absolute atomic E-state index is 13.0. The van der Waals surface area contributed by atoms with E-state index >= 15 is 0 Å². The van der Waals surface area contributed by atoms with E-state index in [1.165, 1.54) is 4.90 Å². The quantitative estimate of drug-likeness (QED) is 0.306. The normalized spacial score (nSPS) is 17.8. The van der Waals surface area contributed by atoms with E-state index < -0.39 is 17.7 Å². The fourth-order valence-electron chi connectivity index (χ4n) is 3.44. The van der Waals surface area contributed by atoms with Gasteiger partial charge in [0.05, 0.1) is 18.7 Å². The number of nitrogens with zero attached hydrogens (tertiary/aromatic N) is 2. The molecule has 0 aliphatic carbocycles. The SMILES string of the molecule is COc1ccc([C@H]2/C(=C(\O)c3ccc(Cl)cc3)C(=O)C(=O)N2c2ccc(Br)cn2)cc1. The van der Waals surface area contributed by atoms with Crippen molar-refractivity contribution in [3.8, 4) is 5.75 Å². The van der Waals surface area contributed by atoms with Crippen LogP contribution in [0.4, 0.5) is 5.82 Å². The highest BCUT2D eigenvalue weighted by molar-refractivity contribution is 9.10. The molecule has 6 nitrogen and oxygen atoms in total. The van der Waals surface area contributed by atoms with Crippen molar-refractivity contribution >= 4 is 50.8 Å². The second-order valence-electron chi connectivity index (χ2n) is 6.78. The van der Waals surface area contributed by atoms with Crippen molar-refractivity contribution < 1.29 is 19.4 Å². The number of methoxy groups -OCH3 is 1. The second-order valence-corrected chi connectivity index (χ2v) is 8.14. The third-order valence-corrected chi connectivity index (χ3v) is 5.67. The van der Waals surface area contributed by atoms with E-state index in [0.29, 0.717) is 27.7 Å². The molecule has 1 N–H and O–H groups in total. The van der Waals surface area contributed by atoms with Gasteiger partial charge in [-0.25, -0.2) is 4.98 Å². The molecule has 1 aromatic heterocycles. The minimum atomic E-state index is -0.866. The van der Waals surface area contributed by atoms with Crippen LogP contribution < -0.4 is 9.64 Å². The summed E-state index contributed by atoms with van der Waals surface area (Å²) < 4.78 is 5.95. The number of Topliss-reactive ketones (excluding diaryl/α,β-unsaturated/α-hetero) is 1. The lowest BCUT2D eigenvalue weighted by molar-refractivity contribution is -0.132. The van der Waals surface area contributed by atoms with E-state index in [1.807, 2.05) is 0 Å². The number of anilines is 1. The number of amides is 1. The lowest BCUT2D eigenvalue weighted by atomic mass is 9.95. The largest absolute Gasteiger partial charge is 0.507 e. The number of ether oxygens (including phenoxy) is 1. The van der Waals surface area contributed by atoms with E-state index in [1.54, 1.807) is 74.0 Å². The summed E-state index contributed by atoms with van der Waals surface area (Å²) in [7, 11) is 1.55. The topological polar surface area (TPSA) is 79.7 Å². The molecular weight excluding hydrogens is 484 g/mol. The number of aliphatic hydroxyl groups excluding tert-OH is 1. The molecule has 0 bridgehead atoms. The first-order valence-electron chi connectivity index (χ1n) is 9.23. The predicted octanol–water partition coefficient (Wildman–Crippen LogP) is 5.13. The number of ketones is 1. The molecule has 1 amide bonds. The monoisotopic (exact) mass is 498 g/mol. The Morgan fingerprint density at radius 3 is 2.32 bits per heavy atom. The van der Waals surface area contributed by atoms with E-state index in [4.69, 9.17) is 16.3 Å². The van der Waals surface area contributed by atoms with Gasteiger partial charge in [-0.15, -0.1) is 0 Å². The Hall–Kier alpha value is -3.16. The van der Waals surface area contributed by atoms with Gasteiger partial charge in [0.1, 0.15) is 17.3 Å². The predicted molar refractivity (Wildman–Crippen MR) is 121 cm³/mol. The number of hydrogen-bond acceptors (Lipinski definition) is 5. The smallest absolute Gasteiger partial charge is 0.301 e. The molecule has 0 saturated carbocycles. The van der Waals surface area contributed by atoms with Crippen LogP contribution in [0, 0.1) is 0 Å². The molecule has 1 aliphatic heterocycles. The second kappa shape index (κ2) is 8.53. The maximum Gasteiger partial charge on any atom is 0.301 e. The van der Waals surface area contributed by atoms with Gasteiger partial charge in [-0.05, 0) is 70.0 Å². The lowest BCUT2D eigenvalue weighted by Crippen LogP contribution is -2.30. The Morgan fingerprint density at radius 1 is 1.06 bits per heavy atom. The minimum Gasteiger partial charge on any atom is -0.507 e. The van der Waals surface area contributed by atoms with Crippen LogP contribution in [0.3, 0.4) is 0 Å². The van der Waals surface area contributed by atoms with Gasteiger partial charge in [-0.3, -0.25) is 14.5 Å². The Bertz CT molecular complexity index is 1180. The molecule has 1 fully saturated rings. The van der Waals surface area contributed by atoms with E-state index in [9.17, 15) is 14.7 Å². The summed E-state index contributed by atoms with van der Waals surface area (Å²) in [5.74, 6) is -0.930. The van der Waals surface area contributed by atoms with Gasteiger partial charge in [-0.2, -0.15) is 0 Å².